The van der Waals surface area contributed by atoms with Gasteiger partial charge in [0, 0.05) is 11.1 Å². The Kier molecular flexibility index (Phi) is 5.53. The Hall–Kier alpha value is -3.98. The Morgan fingerprint density at radius 1 is 1.13 bits per heavy atom. The summed E-state index contributed by atoms with van der Waals surface area (Å²) in [4.78, 5) is 5.57. The number of pyridine rings is 1. The first kappa shape index (κ1) is 19.3. The van der Waals surface area contributed by atoms with Gasteiger partial charge in [0.25, 0.3) is 0 Å². The SMILES string of the molecule is N=N/C(=N\N)C(Oc1nc(-c2cccs2)cc(-c2ccco2)c1N)c1ccccc1. The summed E-state index contributed by atoms with van der Waals surface area (Å²) in [6, 6.07) is 18.6. The molecule has 0 aliphatic carbocycles. The van der Waals surface area contributed by atoms with Gasteiger partial charge in [-0.2, -0.15) is 5.10 Å². The van der Waals surface area contributed by atoms with Crippen LogP contribution in [0.1, 0.15) is 11.7 Å². The third-order valence-electron chi connectivity index (χ3n) is 4.40. The number of thiophene rings is 1. The zero-order valence-corrected chi connectivity index (χ0v) is 16.5. The van der Waals surface area contributed by atoms with Gasteiger partial charge in [0.15, 0.2) is 6.10 Å². The lowest BCUT2D eigenvalue weighted by molar-refractivity contribution is 0.262. The van der Waals surface area contributed by atoms with Gasteiger partial charge in [0.1, 0.15) is 11.4 Å². The van der Waals surface area contributed by atoms with E-state index < -0.39 is 6.10 Å². The van der Waals surface area contributed by atoms with Crippen LogP contribution in [0.2, 0.25) is 0 Å². The number of nitrogens with zero attached hydrogens (tertiary/aromatic N) is 3. The van der Waals surface area contributed by atoms with Crippen molar-refractivity contribution >= 4 is 22.9 Å². The normalized spacial score (nSPS) is 12.5. The van der Waals surface area contributed by atoms with E-state index in [0.29, 0.717) is 28.3 Å². The van der Waals surface area contributed by atoms with E-state index in [-0.39, 0.29) is 11.7 Å². The van der Waals surface area contributed by atoms with E-state index in [1.807, 2.05) is 60.0 Å². The number of furan rings is 1. The molecule has 1 aromatic carbocycles. The van der Waals surface area contributed by atoms with E-state index >= 15 is 0 Å². The predicted octanol–water partition coefficient (Wildman–Crippen LogP) is 5.08. The van der Waals surface area contributed by atoms with Crippen LogP contribution >= 0.6 is 11.3 Å². The topological polar surface area (TPSA) is 136 Å². The fraction of sp³-hybridized carbons (Fsp3) is 0.0476. The van der Waals surface area contributed by atoms with Crippen molar-refractivity contribution in [3.8, 4) is 27.8 Å². The molecule has 0 aliphatic heterocycles. The highest BCUT2D eigenvalue weighted by Gasteiger charge is 2.25. The maximum Gasteiger partial charge on any atom is 0.239 e. The van der Waals surface area contributed by atoms with Gasteiger partial charge in [-0.3, -0.25) is 0 Å². The Balaban J connectivity index is 1.85. The molecule has 0 radical (unpaired) electrons. The number of hydrogen-bond acceptors (Lipinski definition) is 8. The summed E-state index contributed by atoms with van der Waals surface area (Å²) in [6.45, 7) is 0. The number of amidine groups is 1. The number of ether oxygens (including phenoxy) is 1. The van der Waals surface area contributed by atoms with Crippen LogP contribution in [0.5, 0.6) is 5.88 Å². The molecule has 4 rings (SSSR count). The number of benzene rings is 1. The minimum absolute atomic E-state index is 0.0107. The van der Waals surface area contributed by atoms with Crippen LogP contribution in [0, 0.1) is 5.53 Å². The third kappa shape index (κ3) is 3.78. The monoisotopic (exact) mass is 418 g/mol. The van der Waals surface area contributed by atoms with Crippen LogP contribution in [0.4, 0.5) is 5.69 Å². The quantitative estimate of drug-likeness (QED) is 0.132. The first-order valence-electron chi connectivity index (χ1n) is 8.96. The van der Waals surface area contributed by atoms with Crippen molar-refractivity contribution in [2.75, 3.05) is 5.73 Å². The number of hydrazone groups is 1. The molecule has 0 saturated heterocycles. The molecule has 0 aliphatic rings. The molecular formula is C21H18N6O2S. The van der Waals surface area contributed by atoms with Crippen molar-refractivity contribution in [2.24, 2.45) is 16.1 Å². The molecule has 3 heterocycles. The van der Waals surface area contributed by atoms with E-state index in [0.717, 1.165) is 4.88 Å². The van der Waals surface area contributed by atoms with Crippen LogP contribution in [0.15, 0.2) is 86.9 Å². The van der Waals surface area contributed by atoms with Gasteiger partial charge in [-0.25, -0.2) is 10.5 Å². The smallest absolute Gasteiger partial charge is 0.239 e. The van der Waals surface area contributed by atoms with Gasteiger partial charge < -0.3 is 20.7 Å². The summed E-state index contributed by atoms with van der Waals surface area (Å²) in [6.07, 6.45) is 0.720. The van der Waals surface area contributed by atoms with E-state index in [4.69, 9.17) is 26.3 Å². The van der Waals surface area contributed by atoms with Gasteiger partial charge in [-0.05, 0) is 29.6 Å². The molecule has 1 unspecified atom stereocenters. The minimum Gasteiger partial charge on any atom is -0.464 e. The van der Waals surface area contributed by atoms with Crippen LogP contribution in [0.3, 0.4) is 0 Å². The molecule has 30 heavy (non-hydrogen) atoms. The predicted molar refractivity (Wildman–Crippen MR) is 116 cm³/mol. The van der Waals surface area contributed by atoms with E-state index in [1.165, 1.54) is 0 Å². The number of rotatable bonds is 6. The van der Waals surface area contributed by atoms with Crippen molar-refractivity contribution in [2.45, 2.75) is 6.10 Å². The number of hydrogen-bond donors (Lipinski definition) is 3. The maximum absolute atomic E-state index is 7.44. The number of nitrogens with one attached hydrogen (secondary N) is 1. The number of anilines is 1. The summed E-state index contributed by atoms with van der Waals surface area (Å²) in [5.74, 6) is 6.21. The molecule has 5 N–H and O–H groups in total. The van der Waals surface area contributed by atoms with E-state index in [2.05, 4.69) is 15.2 Å². The first-order valence-corrected chi connectivity index (χ1v) is 9.84. The van der Waals surface area contributed by atoms with Gasteiger partial charge in [-0.1, -0.05) is 36.4 Å². The maximum atomic E-state index is 7.44. The van der Waals surface area contributed by atoms with Crippen LogP contribution < -0.4 is 16.3 Å². The van der Waals surface area contributed by atoms with Crippen molar-refractivity contribution in [1.29, 1.82) is 5.53 Å². The largest absolute Gasteiger partial charge is 0.464 e. The second-order valence-corrected chi connectivity index (χ2v) is 7.18. The fourth-order valence-electron chi connectivity index (χ4n) is 2.97. The molecule has 4 aromatic rings. The molecule has 1 atom stereocenters. The summed E-state index contributed by atoms with van der Waals surface area (Å²) in [7, 11) is 0. The molecule has 3 aromatic heterocycles. The third-order valence-corrected chi connectivity index (χ3v) is 5.29. The Labute approximate surface area is 176 Å². The molecule has 8 nitrogen and oxygen atoms in total. The number of aromatic nitrogens is 1. The van der Waals surface area contributed by atoms with Crippen molar-refractivity contribution in [3.63, 3.8) is 0 Å². The first-order chi connectivity index (χ1) is 14.7. The highest BCUT2D eigenvalue weighted by molar-refractivity contribution is 7.13. The standard InChI is InChI=1S/C21H18N6O2S/c22-18-14(16-8-4-10-28-16)12-15(17-9-5-11-30-17)25-21(18)29-19(20(26-23)27-24)13-6-2-1-3-7-13/h1-12,19,23H,22,24H2/b26-23?,27-20-. The van der Waals surface area contributed by atoms with Crippen molar-refractivity contribution in [1.82, 2.24) is 4.98 Å². The Bertz CT molecular complexity index is 1160. The van der Waals surface area contributed by atoms with Crippen LogP contribution in [-0.4, -0.2) is 10.8 Å². The molecule has 0 saturated carbocycles. The van der Waals surface area contributed by atoms with Crippen molar-refractivity contribution in [3.05, 3.63) is 77.9 Å². The molecule has 150 valence electrons. The van der Waals surface area contributed by atoms with Gasteiger partial charge in [0.05, 0.1) is 16.8 Å². The molecular weight excluding hydrogens is 400 g/mol. The summed E-state index contributed by atoms with van der Waals surface area (Å²) < 4.78 is 11.7. The molecule has 0 bridgehead atoms. The molecule has 0 fully saturated rings. The summed E-state index contributed by atoms with van der Waals surface area (Å²) >= 11 is 1.55. The number of nitrogen functional groups attached to an aromatic ring is 1. The number of nitrogens with two attached hydrogens (primary N) is 2. The molecule has 0 amide bonds. The second-order valence-electron chi connectivity index (χ2n) is 6.24. The lowest BCUT2D eigenvalue weighted by Crippen LogP contribution is -2.20. The average Bonchev–Trinajstić information content (AvgIpc) is 3.50. The zero-order chi connectivity index (χ0) is 20.9. The highest BCUT2D eigenvalue weighted by Crippen LogP contribution is 2.39. The lowest BCUT2D eigenvalue weighted by atomic mass is 10.1. The summed E-state index contributed by atoms with van der Waals surface area (Å²) in [5, 5.41) is 8.99. The van der Waals surface area contributed by atoms with Gasteiger partial charge in [0.2, 0.25) is 11.7 Å². The molecule has 9 heteroatoms. The van der Waals surface area contributed by atoms with Gasteiger partial charge >= 0.3 is 0 Å². The Morgan fingerprint density at radius 3 is 2.60 bits per heavy atom. The van der Waals surface area contributed by atoms with E-state index in [9.17, 15) is 0 Å². The minimum atomic E-state index is -0.855. The van der Waals surface area contributed by atoms with Crippen LogP contribution in [-0.2, 0) is 0 Å². The fourth-order valence-corrected chi connectivity index (χ4v) is 3.66. The highest BCUT2D eigenvalue weighted by atomic mass is 32.1. The average molecular weight is 418 g/mol. The Morgan fingerprint density at radius 2 is 1.97 bits per heavy atom. The van der Waals surface area contributed by atoms with Gasteiger partial charge in [-0.15, -0.1) is 16.5 Å². The zero-order valence-electron chi connectivity index (χ0n) is 15.7. The van der Waals surface area contributed by atoms with Crippen LogP contribution in [0.25, 0.3) is 21.9 Å². The van der Waals surface area contributed by atoms with Crippen molar-refractivity contribution < 1.29 is 9.15 Å². The second kappa shape index (κ2) is 8.58. The lowest BCUT2D eigenvalue weighted by Gasteiger charge is -2.20. The molecule has 0 spiro atoms. The summed E-state index contributed by atoms with van der Waals surface area (Å²) in [5.41, 5.74) is 16.2. The van der Waals surface area contributed by atoms with E-state index in [1.54, 1.807) is 23.7 Å².